The van der Waals surface area contributed by atoms with Crippen LogP contribution in [0.2, 0.25) is 0 Å². The lowest BCUT2D eigenvalue weighted by Gasteiger charge is -2.30. The van der Waals surface area contributed by atoms with Gasteiger partial charge in [-0.1, -0.05) is 25.1 Å². The first-order valence-electron chi connectivity index (χ1n) is 9.83. The first-order valence-corrected chi connectivity index (χ1v) is 11.7. The van der Waals surface area contributed by atoms with Crippen LogP contribution >= 0.6 is 0 Å². The van der Waals surface area contributed by atoms with E-state index in [-0.39, 0.29) is 18.7 Å². The molecule has 9 heteroatoms. The molecular weight excluding hydrogens is 419 g/mol. The van der Waals surface area contributed by atoms with Gasteiger partial charge < -0.3 is 9.88 Å². The number of rotatable bonds is 8. The lowest BCUT2D eigenvalue weighted by atomic mass is 10.1. The molecule has 0 spiro atoms. The van der Waals surface area contributed by atoms with Crippen molar-refractivity contribution < 1.29 is 17.6 Å². The van der Waals surface area contributed by atoms with Crippen molar-refractivity contribution in [1.29, 1.82) is 0 Å². The van der Waals surface area contributed by atoms with Crippen LogP contribution in [0.25, 0.3) is 5.69 Å². The molecule has 0 radical (unpaired) electrons. The molecule has 0 fully saturated rings. The fourth-order valence-electron chi connectivity index (χ4n) is 3.48. The van der Waals surface area contributed by atoms with Gasteiger partial charge in [0.25, 0.3) is 0 Å². The van der Waals surface area contributed by atoms with Crippen LogP contribution < -0.4 is 9.62 Å². The van der Waals surface area contributed by atoms with Crippen molar-refractivity contribution in [2.45, 2.75) is 32.9 Å². The van der Waals surface area contributed by atoms with E-state index in [1.54, 1.807) is 13.1 Å². The van der Waals surface area contributed by atoms with Gasteiger partial charge in [-0.05, 0) is 49.2 Å². The highest BCUT2D eigenvalue weighted by atomic mass is 32.2. The predicted octanol–water partition coefficient (Wildman–Crippen LogP) is 3.18. The monoisotopic (exact) mass is 444 g/mol. The number of hydrogen-bond acceptors (Lipinski definition) is 4. The molecule has 3 rings (SSSR count). The summed E-state index contributed by atoms with van der Waals surface area (Å²) in [5, 5.41) is 2.85. The number of anilines is 1. The molecule has 1 heterocycles. The Morgan fingerprint density at radius 1 is 1.19 bits per heavy atom. The zero-order chi connectivity index (χ0) is 22.6. The second-order valence-corrected chi connectivity index (χ2v) is 9.01. The molecule has 1 aromatic heterocycles. The quantitative estimate of drug-likeness (QED) is 0.578. The number of imidazole rings is 1. The minimum Gasteiger partial charge on any atom is -0.350 e. The average Bonchev–Trinajstić information content (AvgIpc) is 3.16. The van der Waals surface area contributed by atoms with Gasteiger partial charge in [0.1, 0.15) is 17.7 Å². The highest BCUT2D eigenvalue weighted by Gasteiger charge is 2.31. The Bertz CT molecular complexity index is 1160. The maximum absolute atomic E-state index is 13.3. The van der Waals surface area contributed by atoms with Gasteiger partial charge in [-0.25, -0.2) is 17.8 Å². The minimum atomic E-state index is -3.78. The van der Waals surface area contributed by atoms with Gasteiger partial charge in [0.05, 0.1) is 17.6 Å². The van der Waals surface area contributed by atoms with Crippen LogP contribution in [0.1, 0.15) is 24.7 Å². The van der Waals surface area contributed by atoms with Gasteiger partial charge in [-0.3, -0.25) is 9.10 Å². The lowest BCUT2D eigenvalue weighted by Crippen LogP contribution is -2.49. The largest absolute Gasteiger partial charge is 0.350 e. The SMILES string of the molecule is CCC(C(=O)NCc1ccccc1-n1ccnc1C)N(c1ccc(F)cc1)S(C)(=O)=O. The van der Waals surface area contributed by atoms with Crippen molar-refractivity contribution in [3.05, 3.63) is 78.1 Å². The van der Waals surface area contributed by atoms with E-state index < -0.39 is 27.8 Å². The predicted molar refractivity (Wildman–Crippen MR) is 118 cm³/mol. The van der Waals surface area contributed by atoms with Crippen LogP contribution in [-0.4, -0.2) is 36.2 Å². The van der Waals surface area contributed by atoms with Gasteiger partial charge in [-0.15, -0.1) is 0 Å². The van der Waals surface area contributed by atoms with E-state index in [0.29, 0.717) is 0 Å². The number of carbonyl (C=O) groups is 1. The number of aromatic nitrogens is 2. The van der Waals surface area contributed by atoms with Crippen LogP contribution in [-0.2, 0) is 21.4 Å². The smallest absolute Gasteiger partial charge is 0.244 e. The number of aryl methyl sites for hydroxylation is 1. The Labute approximate surface area is 181 Å². The van der Waals surface area contributed by atoms with E-state index in [0.717, 1.165) is 27.6 Å². The van der Waals surface area contributed by atoms with Crippen LogP contribution in [0.4, 0.5) is 10.1 Å². The van der Waals surface area contributed by atoms with Gasteiger partial charge in [-0.2, -0.15) is 0 Å². The summed E-state index contributed by atoms with van der Waals surface area (Å²) in [6.07, 6.45) is 4.82. The van der Waals surface area contributed by atoms with E-state index in [9.17, 15) is 17.6 Å². The maximum Gasteiger partial charge on any atom is 0.244 e. The number of halogens is 1. The number of nitrogens with one attached hydrogen (secondary N) is 1. The van der Waals surface area contributed by atoms with Crippen molar-refractivity contribution in [2.24, 2.45) is 0 Å². The number of amides is 1. The summed E-state index contributed by atoms with van der Waals surface area (Å²) >= 11 is 0. The average molecular weight is 445 g/mol. The summed E-state index contributed by atoms with van der Waals surface area (Å²) in [5.41, 5.74) is 1.98. The molecule has 0 aliphatic carbocycles. The highest BCUT2D eigenvalue weighted by molar-refractivity contribution is 7.92. The molecule has 164 valence electrons. The van der Waals surface area contributed by atoms with E-state index in [1.807, 2.05) is 42.0 Å². The van der Waals surface area contributed by atoms with E-state index in [2.05, 4.69) is 10.3 Å². The third-order valence-electron chi connectivity index (χ3n) is 4.94. The third-order valence-corrected chi connectivity index (χ3v) is 6.12. The normalized spacial score (nSPS) is 12.4. The van der Waals surface area contributed by atoms with Gasteiger partial charge in [0.15, 0.2) is 0 Å². The second-order valence-electron chi connectivity index (χ2n) is 7.15. The fraction of sp³-hybridized carbons (Fsp3) is 0.273. The maximum atomic E-state index is 13.3. The molecule has 0 aliphatic heterocycles. The Balaban J connectivity index is 1.85. The fourth-order valence-corrected chi connectivity index (χ4v) is 4.69. The summed E-state index contributed by atoms with van der Waals surface area (Å²) in [7, 11) is -3.78. The van der Waals surface area contributed by atoms with Crippen LogP contribution in [0.15, 0.2) is 60.9 Å². The topological polar surface area (TPSA) is 84.3 Å². The van der Waals surface area contributed by atoms with Gasteiger partial charge in [0, 0.05) is 18.9 Å². The number of sulfonamides is 1. The van der Waals surface area contributed by atoms with Crippen LogP contribution in [0.3, 0.4) is 0 Å². The van der Waals surface area contributed by atoms with Crippen LogP contribution in [0.5, 0.6) is 0 Å². The molecule has 0 bridgehead atoms. The van der Waals surface area contributed by atoms with Crippen LogP contribution in [0, 0.1) is 12.7 Å². The molecule has 2 aromatic carbocycles. The first kappa shape index (κ1) is 22.5. The van der Waals surface area contributed by atoms with Crippen molar-refractivity contribution in [3.8, 4) is 5.69 Å². The van der Waals surface area contributed by atoms with Crippen molar-refractivity contribution in [2.75, 3.05) is 10.6 Å². The van der Waals surface area contributed by atoms with Crippen molar-refractivity contribution >= 4 is 21.6 Å². The zero-order valence-electron chi connectivity index (χ0n) is 17.6. The zero-order valence-corrected chi connectivity index (χ0v) is 18.4. The molecule has 31 heavy (non-hydrogen) atoms. The van der Waals surface area contributed by atoms with Gasteiger partial charge >= 0.3 is 0 Å². The molecule has 7 nitrogen and oxygen atoms in total. The molecule has 0 aliphatic rings. The minimum absolute atomic E-state index is 0.212. The standard InChI is InChI=1S/C22H25FN4O3S/c1-4-20(27(31(3,29)30)19-11-9-18(23)10-12-19)22(28)25-15-17-7-5-6-8-21(17)26-14-13-24-16(26)2/h5-14,20H,4,15H2,1-3H3,(H,25,28). The second kappa shape index (κ2) is 9.30. The Kier molecular flexibility index (Phi) is 6.74. The molecule has 0 saturated heterocycles. The summed E-state index contributed by atoms with van der Waals surface area (Å²) in [6.45, 7) is 3.83. The Hall–Kier alpha value is -3.20. The third kappa shape index (κ3) is 5.11. The van der Waals surface area contributed by atoms with E-state index in [4.69, 9.17) is 0 Å². The van der Waals surface area contributed by atoms with Gasteiger partial charge in [0.2, 0.25) is 15.9 Å². The summed E-state index contributed by atoms with van der Waals surface area (Å²) in [6, 6.07) is 11.7. The molecule has 1 atom stereocenters. The molecule has 0 saturated carbocycles. The highest BCUT2D eigenvalue weighted by Crippen LogP contribution is 2.23. The number of carbonyl (C=O) groups excluding carboxylic acids is 1. The van der Waals surface area contributed by atoms with Crippen molar-refractivity contribution in [3.63, 3.8) is 0 Å². The molecule has 3 aromatic rings. The van der Waals surface area contributed by atoms with E-state index in [1.165, 1.54) is 24.3 Å². The number of hydrogen-bond donors (Lipinski definition) is 1. The van der Waals surface area contributed by atoms with E-state index >= 15 is 0 Å². The number of para-hydroxylation sites is 1. The summed E-state index contributed by atoms with van der Waals surface area (Å²) in [4.78, 5) is 17.3. The van der Waals surface area contributed by atoms with Crippen molar-refractivity contribution in [1.82, 2.24) is 14.9 Å². The molecular formula is C22H25FN4O3S. The molecule has 1 amide bonds. The summed E-state index contributed by atoms with van der Waals surface area (Å²) in [5.74, 6) is -0.111. The Morgan fingerprint density at radius 3 is 2.45 bits per heavy atom. The first-order chi connectivity index (χ1) is 14.7. The lowest BCUT2D eigenvalue weighted by molar-refractivity contribution is -0.122. The summed E-state index contributed by atoms with van der Waals surface area (Å²) < 4.78 is 41.2. The Morgan fingerprint density at radius 2 is 1.87 bits per heavy atom. The molecule has 1 unspecified atom stereocenters. The molecule has 1 N–H and O–H groups in total. The number of nitrogens with zero attached hydrogens (tertiary/aromatic N) is 3. The number of benzene rings is 2.